The van der Waals surface area contributed by atoms with E-state index in [4.69, 9.17) is 10.8 Å². The highest BCUT2D eigenvalue weighted by molar-refractivity contribution is 5.76. The van der Waals surface area contributed by atoms with Crippen LogP contribution in [-0.4, -0.2) is 17.6 Å². The molecule has 94 valence electrons. The van der Waals surface area contributed by atoms with Crippen LogP contribution in [0, 0.1) is 5.82 Å². The van der Waals surface area contributed by atoms with Crippen molar-refractivity contribution in [2.75, 3.05) is 6.54 Å². The van der Waals surface area contributed by atoms with Gasteiger partial charge in [-0.1, -0.05) is 0 Å². The van der Waals surface area contributed by atoms with Crippen LogP contribution in [0.25, 0.3) is 0 Å². The fourth-order valence-corrected chi connectivity index (χ4v) is 1.35. The van der Waals surface area contributed by atoms with Crippen molar-refractivity contribution in [2.45, 2.75) is 12.1 Å². The third-order valence-corrected chi connectivity index (χ3v) is 2.23. The number of carboxylic acid groups (broad SMARTS) is 1. The van der Waals surface area contributed by atoms with Gasteiger partial charge in [-0.15, -0.1) is 0 Å². The number of aliphatic carboxylic acids is 1. The fourth-order valence-electron chi connectivity index (χ4n) is 1.35. The molecule has 0 radical (unpaired) electrons. The Bertz CT molecular complexity index is 431. The summed E-state index contributed by atoms with van der Waals surface area (Å²) in [5.41, 5.74) is 3.44. The Labute approximate surface area is 93.8 Å². The zero-order chi connectivity index (χ0) is 13.2. The van der Waals surface area contributed by atoms with Gasteiger partial charge >= 0.3 is 12.1 Å². The molecule has 3 N–H and O–H groups in total. The lowest BCUT2D eigenvalue weighted by atomic mass is 9.96. The van der Waals surface area contributed by atoms with Crippen molar-refractivity contribution in [3.8, 4) is 0 Å². The van der Waals surface area contributed by atoms with Crippen molar-refractivity contribution >= 4 is 5.97 Å². The van der Waals surface area contributed by atoms with Gasteiger partial charge in [0.2, 0.25) is 0 Å². The molecule has 0 aliphatic heterocycles. The number of nitrogens with two attached hydrogens (primary N) is 1. The highest BCUT2D eigenvalue weighted by atomic mass is 19.4. The molecule has 1 unspecified atom stereocenters. The lowest BCUT2D eigenvalue weighted by Crippen LogP contribution is -2.23. The van der Waals surface area contributed by atoms with E-state index in [1.54, 1.807) is 0 Å². The molecule has 0 aliphatic carbocycles. The molecular formula is C10H9F4NO2. The third-order valence-electron chi connectivity index (χ3n) is 2.23. The van der Waals surface area contributed by atoms with Crippen molar-refractivity contribution in [3.63, 3.8) is 0 Å². The van der Waals surface area contributed by atoms with Crippen LogP contribution >= 0.6 is 0 Å². The Morgan fingerprint density at radius 1 is 1.41 bits per heavy atom. The SMILES string of the molecule is NCC(C(=O)O)c1cc(C(F)(F)F)ccc1F. The molecule has 1 rings (SSSR count). The first-order valence-corrected chi connectivity index (χ1v) is 4.57. The summed E-state index contributed by atoms with van der Waals surface area (Å²) in [4.78, 5) is 10.7. The second-order valence-corrected chi connectivity index (χ2v) is 3.36. The topological polar surface area (TPSA) is 63.3 Å². The molecule has 0 amide bonds. The smallest absolute Gasteiger partial charge is 0.416 e. The maximum atomic E-state index is 13.3. The van der Waals surface area contributed by atoms with Crippen LogP contribution in [-0.2, 0) is 11.0 Å². The maximum absolute atomic E-state index is 13.3. The van der Waals surface area contributed by atoms with Crippen LogP contribution in [0.4, 0.5) is 17.6 Å². The predicted octanol–water partition coefficient (Wildman–Crippen LogP) is 1.97. The van der Waals surface area contributed by atoms with E-state index in [0.29, 0.717) is 18.2 Å². The summed E-state index contributed by atoms with van der Waals surface area (Å²) in [6.07, 6.45) is -4.65. The minimum absolute atomic E-state index is 0.473. The van der Waals surface area contributed by atoms with Crippen LogP contribution < -0.4 is 5.73 Å². The second kappa shape index (κ2) is 4.70. The van der Waals surface area contributed by atoms with Gasteiger partial charge in [0.05, 0.1) is 11.5 Å². The standard InChI is InChI=1S/C10H9F4NO2/c11-8-2-1-5(10(12,13)14)3-6(8)7(4-15)9(16)17/h1-3,7H,4,15H2,(H,16,17). The minimum atomic E-state index is -4.65. The normalized spacial score (nSPS) is 13.5. The van der Waals surface area contributed by atoms with E-state index < -0.39 is 41.6 Å². The molecule has 0 aromatic heterocycles. The molecule has 1 aromatic carbocycles. The number of carbonyl (C=O) groups is 1. The number of rotatable bonds is 3. The van der Waals surface area contributed by atoms with Gasteiger partial charge in [0, 0.05) is 12.1 Å². The van der Waals surface area contributed by atoms with Gasteiger partial charge in [0.15, 0.2) is 0 Å². The summed E-state index contributed by atoms with van der Waals surface area (Å²) in [6, 6.07) is 1.61. The zero-order valence-electron chi connectivity index (χ0n) is 8.46. The van der Waals surface area contributed by atoms with E-state index in [2.05, 4.69) is 0 Å². The van der Waals surface area contributed by atoms with Crippen molar-refractivity contribution in [1.29, 1.82) is 0 Å². The number of hydrogen-bond acceptors (Lipinski definition) is 2. The number of carboxylic acids is 1. The van der Waals surface area contributed by atoms with Crippen molar-refractivity contribution in [3.05, 3.63) is 35.1 Å². The Morgan fingerprint density at radius 3 is 2.41 bits per heavy atom. The van der Waals surface area contributed by atoms with Gasteiger partial charge in [-0.3, -0.25) is 4.79 Å². The van der Waals surface area contributed by atoms with Gasteiger partial charge in [-0.25, -0.2) is 4.39 Å². The van der Waals surface area contributed by atoms with E-state index >= 15 is 0 Å². The molecule has 1 aromatic rings. The Balaban J connectivity index is 3.28. The first kappa shape index (κ1) is 13.4. The van der Waals surface area contributed by atoms with Gasteiger partial charge in [-0.05, 0) is 18.2 Å². The Morgan fingerprint density at radius 2 is 2.00 bits per heavy atom. The molecule has 0 bridgehead atoms. The number of hydrogen-bond donors (Lipinski definition) is 2. The average molecular weight is 251 g/mol. The number of benzene rings is 1. The van der Waals surface area contributed by atoms with Crippen LogP contribution in [0.2, 0.25) is 0 Å². The number of halogens is 4. The van der Waals surface area contributed by atoms with Crippen molar-refractivity contribution in [2.24, 2.45) is 5.73 Å². The largest absolute Gasteiger partial charge is 0.481 e. The van der Waals surface area contributed by atoms with E-state index in [1.807, 2.05) is 0 Å². The molecule has 0 fully saturated rings. The van der Waals surface area contributed by atoms with Crippen LogP contribution in [0.1, 0.15) is 17.0 Å². The molecular weight excluding hydrogens is 242 g/mol. The first-order chi connectivity index (χ1) is 7.77. The third kappa shape index (κ3) is 2.94. The van der Waals surface area contributed by atoms with Crippen LogP contribution in [0.15, 0.2) is 18.2 Å². The van der Waals surface area contributed by atoms with E-state index in [-0.39, 0.29) is 0 Å². The fraction of sp³-hybridized carbons (Fsp3) is 0.300. The lowest BCUT2D eigenvalue weighted by Gasteiger charge is -2.14. The number of alkyl halides is 3. The van der Waals surface area contributed by atoms with Crippen molar-refractivity contribution < 1.29 is 27.5 Å². The Hall–Kier alpha value is -1.63. The summed E-state index contributed by atoms with van der Waals surface area (Å²) in [5.74, 6) is -3.97. The average Bonchev–Trinajstić information content (AvgIpc) is 2.19. The molecule has 0 spiro atoms. The van der Waals surface area contributed by atoms with Gasteiger partial charge in [0.1, 0.15) is 5.82 Å². The molecule has 17 heavy (non-hydrogen) atoms. The minimum Gasteiger partial charge on any atom is -0.481 e. The Kier molecular flexibility index (Phi) is 3.72. The monoisotopic (exact) mass is 251 g/mol. The second-order valence-electron chi connectivity index (χ2n) is 3.36. The summed E-state index contributed by atoms with van der Waals surface area (Å²) < 4.78 is 50.4. The van der Waals surface area contributed by atoms with E-state index in [1.165, 1.54) is 0 Å². The molecule has 7 heteroatoms. The van der Waals surface area contributed by atoms with Crippen LogP contribution in [0.3, 0.4) is 0 Å². The highest BCUT2D eigenvalue weighted by Gasteiger charge is 2.32. The predicted molar refractivity (Wildman–Crippen MR) is 50.8 cm³/mol. The van der Waals surface area contributed by atoms with Gasteiger partial charge in [-0.2, -0.15) is 13.2 Å². The molecule has 1 atom stereocenters. The van der Waals surface area contributed by atoms with Gasteiger partial charge < -0.3 is 10.8 Å². The van der Waals surface area contributed by atoms with E-state index in [0.717, 1.165) is 0 Å². The first-order valence-electron chi connectivity index (χ1n) is 4.57. The highest BCUT2D eigenvalue weighted by Crippen LogP contribution is 2.32. The van der Waals surface area contributed by atoms with E-state index in [9.17, 15) is 22.4 Å². The van der Waals surface area contributed by atoms with Crippen LogP contribution in [0.5, 0.6) is 0 Å². The summed E-state index contributed by atoms with van der Waals surface area (Å²) in [7, 11) is 0. The molecule has 3 nitrogen and oxygen atoms in total. The molecule has 0 heterocycles. The quantitative estimate of drug-likeness (QED) is 0.807. The lowest BCUT2D eigenvalue weighted by molar-refractivity contribution is -0.140. The molecule has 0 saturated heterocycles. The summed E-state index contributed by atoms with van der Waals surface area (Å²) in [6.45, 7) is -0.479. The van der Waals surface area contributed by atoms with Gasteiger partial charge in [0.25, 0.3) is 0 Å². The summed E-state index contributed by atoms with van der Waals surface area (Å²) >= 11 is 0. The maximum Gasteiger partial charge on any atom is 0.416 e. The molecule has 0 saturated carbocycles. The zero-order valence-corrected chi connectivity index (χ0v) is 8.46. The molecule has 0 aliphatic rings. The van der Waals surface area contributed by atoms with Crippen molar-refractivity contribution in [1.82, 2.24) is 0 Å². The summed E-state index contributed by atoms with van der Waals surface area (Å²) in [5, 5.41) is 8.72.